The van der Waals surface area contributed by atoms with E-state index in [0.29, 0.717) is 0 Å². The molecule has 4 heteroatoms. The van der Waals surface area contributed by atoms with Crippen LogP contribution in [0.5, 0.6) is 0 Å². The number of carbonyl (C=O) groups is 2. The molecule has 0 aromatic heterocycles. The molecule has 1 aromatic rings. The van der Waals surface area contributed by atoms with Gasteiger partial charge in [-0.1, -0.05) is 18.2 Å². The standard InChI is InChI=1S/C18H20N2O2/c1-10-3-6-14(7-11(10)2)19-9-20-17(21)15-12-4-5-13(8-12)16(15)18(20)22/h3-7,12-13,15-16,19H,8-9H2,1-2H3/t12-,13-,15+,16+/m0/s1. The fourth-order valence-corrected chi connectivity index (χ4v) is 4.14. The van der Waals surface area contributed by atoms with Crippen molar-refractivity contribution in [2.75, 3.05) is 12.0 Å². The molecule has 4 atom stereocenters. The summed E-state index contributed by atoms with van der Waals surface area (Å²) in [6.07, 6.45) is 5.22. The van der Waals surface area contributed by atoms with Crippen molar-refractivity contribution in [3.8, 4) is 0 Å². The van der Waals surface area contributed by atoms with Gasteiger partial charge < -0.3 is 5.32 Å². The molecule has 2 fully saturated rings. The molecule has 1 heterocycles. The molecule has 1 saturated heterocycles. The summed E-state index contributed by atoms with van der Waals surface area (Å²) in [6.45, 7) is 4.39. The van der Waals surface area contributed by atoms with E-state index < -0.39 is 0 Å². The van der Waals surface area contributed by atoms with Crippen LogP contribution in [0.1, 0.15) is 17.5 Å². The van der Waals surface area contributed by atoms with Crippen LogP contribution >= 0.6 is 0 Å². The number of likely N-dealkylation sites (tertiary alicyclic amines) is 1. The van der Waals surface area contributed by atoms with E-state index in [1.165, 1.54) is 16.0 Å². The van der Waals surface area contributed by atoms with Gasteiger partial charge in [0.05, 0.1) is 18.5 Å². The first kappa shape index (κ1) is 13.6. The number of hydrogen-bond donors (Lipinski definition) is 1. The summed E-state index contributed by atoms with van der Waals surface area (Å²) in [4.78, 5) is 26.5. The van der Waals surface area contributed by atoms with Gasteiger partial charge in [-0.05, 0) is 55.4 Å². The summed E-state index contributed by atoms with van der Waals surface area (Å²) in [5.41, 5.74) is 3.38. The number of carbonyl (C=O) groups excluding carboxylic acids is 2. The Balaban J connectivity index is 1.49. The van der Waals surface area contributed by atoms with Crippen LogP contribution in [-0.4, -0.2) is 23.4 Å². The highest BCUT2D eigenvalue weighted by molar-refractivity contribution is 6.06. The summed E-state index contributed by atoms with van der Waals surface area (Å²) in [6, 6.07) is 6.08. The minimum absolute atomic E-state index is 0.00295. The van der Waals surface area contributed by atoms with Crippen LogP contribution in [0.4, 0.5) is 5.69 Å². The lowest BCUT2D eigenvalue weighted by Gasteiger charge is -2.18. The van der Waals surface area contributed by atoms with Gasteiger partial charge in [0.15, 0.2) is 0 Å². The third-order valence-corrected chi connectivity index (χ3v) is 5.51. The van der Waals surface area contributed by atoms with Gasteiger partial charge in [-0.15, -0.1) is 0 Å². The molecule has 2 bridgehead atoms. The monoisotopic (exact) mass is 296 g/mol. The smallest absolute Gasteiger partial charge is 0.235 e. The number of fused-ring (bicyclic) bond motifs is 5. The van der Waals surface area contributed by atoms with Crippen LogP contribution in [0.25, 0.3) is 0 Å². The minimum atomic E-state index is -0.107. The van der Waals surface area contributed by atoms with Gasteiger partial charge in [0, 0.05) is 5.69 Å². The van der Waals surface area contributed by atoms with Crippen molar-refractivity contribution in [3.63, 3.8) is 0 Å². The molecule has 0 radical (unpaired) electrons. The van der Waals surface area contributed by atoms with Crippen LogP contribution < -0.4 is 5.32 Å². The zero-order valence-electron chi connectivity index (χ0n) is 12.9. The largest absolute Gasteiger partial charge is 0.367 e. The van der Waals surface area contributed by atoms with Crippen LogP contribution in [-0.2, 0) is 9.59 Å². The molecular weight excluding hydrogens is 276 g/mol. The van der Waals surface area contributed by atoms with Crippen molar-refractivity contribution in [2.45, 2.75) is 20.3 Å². The summed E-state index contributed by atoms with van der Waals surface area (Å²) in [5, 5.41) is 3.22. The van der Waals surface area contributed by atoms with E-state index in [1.807, 2.05) is 18.2 Å². The first-order chi connectivity index (χ1) is 10.6. The third-order valence-electron chi connectivity index (χ3n) is 5.51. The van der Waals surface area contributed by atoms with Crippen molar-refractivity contribution in [1.29, 1.82) is 0 Å². The lowest BCUT2D eigenvalue weighted by Crippen LogP contribution is -2.37. The predicted octanol–water partition coefficient (Wildman–Crippen LogP) is 2.48. The first-order valence-electron chi connectivity index (χ1n) is 7.91. The normalized spacial score (nSPS) is 32.0. The Morgan fingerprint density at radius 1 is 1.05 bits per heavy atom. The first-order valence-corrected chi connectivity index (χ1v) is 7.91. The third kappa shape index (κ3) is 1.83. The highest BCUT2D eigenvalue weighted by atomic mass is 16.2. The van der Waals surface area contributed by atoms with Crippen molar-refractivity contribution in [2.24, 2.45) is 23.7 Å². The van der Waals surface area contributed by atoms with E-state index in [-0.39, 0.29) is 42.2 Å². The zero-order valence-corrected chi connectivity index (χ0v) is 12.9. The van der Waals surface area contributed by atoms with E-state index in [2.05, 4.69) is 31.3 Å². The number of nitrogens with one attached hydrogen (secondary N) is 1. The molecule has 0 unspecified atom stereocenters. The molecule has 3 aliphatic rings. The number of aryl methyl sites for hydroxylation is 2. The van der Waals surface area contributed by atoms with Crippen molar-refractivity contribution >= 4 is 17.5 Å². The van der Waals surface area contributed by atoms with Gasteiger partial charge in [-0.3, -0.25) is 14.5 Å². The molecule has 22 heavy (non-hydrogen) atoms. The number of amides is 2. The number of hydrogen-bond acceptors (Lipinski definition) is 3. The number of imide groups is 1. The minimum Gasteiger partial charge on any atom is -0.367 e. The molecule has 1 N–H and O–H groups in total. The lowest BCUT2D eigenvalue weighted by atomic mass is 9.85. The fourth-order valence-electron chi connectivity index (χ4n) is 4.14. The average molecular weight is 296 g/mol. The summed E-state index contributed by atoms with van der Waals surface area (Å²) in [5.74, 6) is 0.343. The Hall–Kier alpha value is -2.10. The maximum Gasteiger partial charge on any atom is 0.235 e. The van der Waals surface area contributed by atoms with Gasteiger partial charge >= 0.3 is 0 Å². The van der Waals surface area contributed by atoms with Crippen LogP contribution in [0.3, 0.4) is 0 Å². The second kappa shape index (κ2) is 4.70. The number of allylic oxidation sites excluding steroid dienone is 2. The van der Waals surface area contributed by atoms with E-state index in [9.17, 15) is 9.59 Å². The molecule has 1 saturated carbocycles. The van der Waals surface area contributed by atoms with Gasteiger partial charge in [0.2, 0.25) is 11.8 Å². The quantitative estimate of drug-likeness (QED) is 0.688. The van der Waals surface area contributed by atoms with Crippen molar-refractivity contribution in [1.82, 2.24) is 4.90 Å². The van der Waals surface area contributed by atoms with E-state index in [0.717, 1.165) is 12.1 Å². The summed E-state index contributed by atoms with van der Waals surface area (Å²) in [7, 11) is 0. The molecule has 2 amide bonds. The fraction of sp³-hybridized carbons (Fsp3) is 0.444. The van der Waals surface area contributed by atoms with Crippen molar-refractivity contribution in [3.05, 3.63) is 41.5 Å². The second-order valence-corrected chi connectivity index (χ2v) is 6.74. The number of rotatable bonds is 3. The van der Waals surface area contributed by atoms with E-state index >= 15 is 0 Å². The van der Waals surface area contributed by atoms with Gasteiger partial charge in [0.1, 0.15) is 0 Å². The second-order valence-electron chi connectivity index (χ2n) is 6.74. The molecule has 1 aromatic carbocycles. The Labute approximate surface area is 130 Å². The molecule has 4 nitrogen and oxygen atoms in total. The molecule has 2 aliphatic carbocycles. The Kier molecular flexibility index (Phi) is 2.90. The molecule has 4 rings (SSSR count). The zero-order chi connectivity index (χ0) is 15.4. The van der Waals surface area contributed by atoms with Crippen LogP contribution in [0, 0.1) is 37.5 Å². The number of nitrogens with zero attached hydrogens (tertiary/aromatic N) is 1. The maximum absolute atomic E-state index is 12.6. The molecular formula is C18H20N2O2. The highest BCUT2D eigenvalue weighted by Crippen LogP contribution is 2.52. The maximum atomic E-state index is 12.6. The molecule has 114 valence electrons. The topological polar surface area (TPSA) is 49.4 Å². The van der Waals surface area contributed by atoms with E-state index in [1.54, 1.807) is 0 Å². The van der Waals surface area contributed by atoms with Crippen LogP contribution in [0.15, 0.2) is 30.4 Å². The molecule has 1 aliphatic heterocycles. The van der Waals surface area contributed by atoms with Crippen LogP contribution in [0.2, 0.25) is 0 Å². The lowest BCUT2D eigenvalue weighted by molar-refractivity contribution is -0.140. The Bertz CT molecular complexity index is 664. The average Bonchev–Trinajstić information content (AvgIpc) is 3.16. The number of benzene rings is 1. The summed E-state index contributed by atoms with van der Waals surface area (Å²) >= 11 is 0. The number of anilines is 1. The van der Waals surface area contributed by atoms with Crippen molar-refractivity contribution < 1.29 is 9.59 Å². The summed E-state index contributed by atoms with van der Waals surface area (Å²) < 4.78 is 0. The molecule has 0 spiro atoms. The SMILES string of the molecule is Cc1ccc(NCN2C(=O)[C@H]3[C@H](C2=O)[C@H]2C=C[C@H]3C2)cc1C. The van der Waals surface area contributed by atoms with Gasteiger partial charge in [-0.2, -0.15) is 0 Å². The van der Waals surface area contributed by atoms with Gasteiger partial charge in [0.25, 0.3) is 0 Å². The highest BCUT2D eigenvalue weighted by Gasteiger charge is 2.59. The van der Waals surface area contributed by atoms with Gasteiger partial charge in [-0.25, -0.2) is 0 Å². The Morgan fingerprint density at radius 2 is 1.68 bits per heavy atom. The predicted molar refractivity (Wildman–Crippen MR) is 84.0 cm³/mol. The Morgan fingerprint density at radius 3 is 2.27 bits per heavy atom. The van der Waals surface area contributed by atoms with E-state index in [4.69, 9.17) is 0 Å².